The van der Waals surface area contributed by atoms with Gasteiger partial charge in [-0.2, -0.15) is 0 Å². The van der Waals surface area contributed by atoms with E-state index in [1.165, 1.54) is 5.56 Å². The van der Waals surface area contributed by atoms with E-state index < -0.39 is 0 Å². The highest BCUT2D eigenvalue weighted by molar-refractivity contribution is 5.83. The topological polar surface area (TPSA) is 49.2 Å². The van der Waals surface area contributed by atoms with Crippen molar-refractivity contribution in [2.24, 2.45) is 0 Å². The fraction of sp³-hybridized carbons (Fsp3) is 0.300. The van der Waals surface area contributed by atoms with Gasteiger partial charge in [0.15, 0.2) is 11.5 Å². The maximum Gasteiger partial charge on any atom is 0.161 e. The highest BCUT2D eigenvalue weighted by Crippen LogP contribution is 2.42. The predicted octanol–water partition coefficient (Wildman–Crippen LogP) is 3.80. The van der Waals surface area contributed by atoms with E-state index in [1.807, 2.05) is 19.3 Å². The average Bonchev–Trinajstić information content (AvgIpc) is 2.97. The van der Waals surface area contributed by atoms with Crippen LogP contribution in [0.3, 0.4) is 0 Å². The first kappa shape index (κ1) is 15.7. The molecule has 0 aliphatic carbocycles. The number of ether oxygens (including phenoxy) is 2. The number of hydrogen-bond donors (Lipinski definition) is 0. The van der Waals surface area contributed by atoms with E-state index >= 15 is 0 Å². The summed E-state index contributed by atoms with van der Waals surface area (Å²) < 4.78 is 13.3. The van der Waals surface area contributed by atoms with E-state index in [4.69, 9.17) is 14.5 Å². The molecule has 1 aliphatic heterocycles. The number of rotatable bonds is 3. The first-order valence-corrected chi connectivity index (χ1v) is 8.36. The third-order valence-corrected chi connectivity index (χ3v) is 4.78. The van der Waals surface area contributed by atoms with Gasteiger partial charge in [0.05, 0.1) is 25.6 Å². The molecule has 0 atom stereocenters. The molecule has 1 aromatic carbocycles. The Bertz CT molecular complexity index is 960. The summed E-state index contributed by atoms with van der Waals surface area (Å²) in [5.41, 5.74) is 6.68. The lowest BCUT2D eigenvalue weighted by atomic mass is 9.94. The molecule has 0 radical (unpaired) electrons. The maximum atomic E-state index is 5.52. The van der Waals surface area contributed by atoms with Crippen LogP contribution in [0.4, 0.5) is 0 Å². The molecule has 128 valence electrons. The number of aromatic nitrogens is 3. The molecule has 5 nitrogen and oxygen atoms in total. The fourth-order valence-electron chi connectivity index (χ4n) is 3.58. The molecule has 1 aliphatic rings. The number of nitrogens with zero attached hydrogens (tertiary/aromatic N) is 3. The Kier molecular flexibility index (Phi) is 3.71. The van der Waals surface area contributed by atoms with Crippen LogP contribution < -0.4 is 9.47 Å². The van der Waals surface area contributed by atoms with Crippen LogP contribution in [0.15, 0.2) is 30.6 Å². The summed E-state index contributed by atoms with van der Waals surface area (Å²) >= 11 is 0. The van der Waals surface area contributed by atoms with Crippen molar-refractivity contribution in [2.75, 3.05) is 14.2 Å². The van der Waals surface area contributed by atoms with E-state index in [0.717, 1.165) is 58.4 Å². The number of pyridine rings is 1. The van der Waals surface area contributed by atoms with Gasteiger partial charge in [-0.15, -0.1) is 0 Å². The Labute approximate surface area is 147 Å². The Hall–Kier alpha value is -2.82. The van der Waals surface area contributed by atoms with Gasteiger partial charge in [0.1, 0.15) is 5.82 Å². The molecule has 3 aromatic rings. The minimum atomic E-state index is 0.738. The summed E-state index contributed by atoms with van der Waals surface area (Å²) in [5, 5.41) is 0. The first-order chi connectivity index (χ1) is 12.1. The molecule has 4 rings (SSSR count). The molecule has 0 amide bonds. The molecule has 3 heterocycles. The second-order valence-electron chi connectivity index (χ2n) is 6.37. The summed E-state index contributed by atoms with van der Waals surface area (Å²) in [5.74, 6) is 2.53. The molecule has 0 N–H and O–H groups in total. The molecule has 0 saturated carbocycles. The minimum Gasteiger partial charge on any atom is -0.493 e. The Balaban J connectivity index is 1.98. The van der Waals surface area contributed by atoms with Crippen LogP contribution >= 0.6 is 0 Å². The van der Waals surface area contributed by atoms with E-state index in [0.29, 0.717) is 0 Å². The van der Waals surface area contributed by atoms with Crippen molar-refractivity contribution in [2.45, 2.75) is 26.8 Å². The van der Waals surface area contributed by atoms with Crippen LogP contribution in [0.25, 0.3) is 22.5 Å². The molecule has 0 bridgehead atoms. The van der Waals surface area contributed by atoms with E-state index in [9.17, 15) is 0 Å². The molecule has 2 aromatic heterocycles. The molecular formula is C20H21N3O2. The monoisotopic (exact) mass is 335 g/mol. The predicted molar refractivity (Wildman–Crippen MR) is 97.2 cm³/mol. The van der Waals surface area contributed by atoms with Gasteiger partial charge in [-0.05, 0) is 49.6 Å². The third kappa shape index (κ3) is 2.47. The Morgan fingerprint density at radius 3 is 2.48 bits per heavy atom. The van der Waals surface area contributed by atoms with Gasteiger partial charge in [0.25, 0.3) is 0 Å². The third-order valence-electron chi connectivity index (χ3n) is 4.78. The first-order valence-electron chi connectivity index (χ1n) is 8.36. The lowest BCUT2D eigenvalue weighted by Gasteiger charge is -2.22. The van der Waals surface area contributed by atoms with Crippen molar-refractivity contribution < 1.29 is 9.47 Å². The fourth-order valence-corrected chi connectivity index (χ4v) is 3.58. The van der Waals surface area contributed by atoms with E-state index in [-0.39, 0.29) is 0 Å². The molecule has 25 heavy (non-hydrogen) atoms. The molecule has 0 fully saturated rings. The quantitative estimate of drug-likeness (QED) is 0.730. The largest absolute Gasteiger partial charge is 0.493 e. The molecule has 5 heteroatoms. The molecule has 0 unspecified atom stereocenters. The van der Waals surface area contributed by atoms with Gasteiger partial charge in [-0.1, -0.05) is 0 Å². The van der Waals surface area contributed by atoms with Crippen molar-refractivity contribution >= 4 is 0 Å². The Morgan fingerprint density at radius 2 is 1.76 bits per heavy atom. The molecule has 0 spiro atoms. The normalized spacial score (nSPS) is 12.5. The number of hydrogen-bond acceptors (Lipinski definition) is 4. The number of imidazole rings is 1. The van der Waals surface area contributed by atoms with Gasteiger partial charge in [-0.3, -0.25) is 4.98 Å². The van der Waals surface area contributed by atoms with Crippen LogP contribution in [-0.2, 0) is 13.0 Å². The summed E-state index contributed by atoms with van der Waals surface area (Å²) in [4.78, 5) is 9.19. The lowest BCUT2D eigenvalue weighted by Crippen LogP contribution is -2.12. The zero-order chi connectivity index (χ0) is 17.6. The van der Waals surface area contributed by atoms with Crippen LogP contribution in [-0.4, -0.2) is 28.8 Å². The van der Waals surface area contributed by atoms with Gasteiger partial charge < -0.3 is 14.0 Å². The standard InChI is InChI=1S/C20H21N3O2/c1-12-7-15(11-21-10-12)19-20-16-9-18(25-4)17(24-3)8-14(16)5-6-23(20)13(2)22-19/h7-11H,5-6H2,1-4H3. The highest BCUT2D eigenvalue weighted by atomic mass is 16.5. The molecular weight excluding hydrogens is 314 g/mol. The second-order valence-corrected chi connectivity index (χ2v) is 6.37. The van der Waals surface area contributed by atoms with Crippen LogP contribution in [0.2, 0.25) is 0 Å². The Morgan fingerprint density at radius 1 is 1.00 bits per heavy atom. The summed E-state index contributed by atoms with van der Waals surface area (Å²) in [6.07, 6.45) is 4.69. The number of aryl methyl sites for hydroxylation is 3. The molecule has 0 saturated heterocycles. The highest BCUT2D eigenvalue weighted by Gasteiger charge is 2.26. The minimum absolute atomic E-state index is 0.738. The maximum absolute atomic E-state index is 5.52. The second kappa shape index (κ2) is 5.92. The lowest BCUT2D eigenvalue weighted by molar-refractivity contribution is 0.354. The van der Waals surface area contributed by atoms with Crippen molar-refractivity contribution in [1.82, 2.24) is 14.5 Å². The summed E-state index contributed by atoms with van der Waals surface area (Å²) in [6, 6.07) is 6.27. The van der Waals surface area contributed by atoms with Gasteiger partial charge in [0, 0.05) is 30.1 Å². The van der Waals surface area contributed by atoms with Crippen molar-refractivity contribution in [3.8, 4) is 34.0 Å². The zero-order valence-electron chi connectivity index (χ0n) is 15.0. The van der Waals surface area contributed by atoms with Crippen molar-refractivity contribution in [3.05, 3.63) is 47.5 Å². The van der Waals surface area contributed by atoms with Crippen molar-refractivity contribution in [3.63, 3.8) is 0 Å². The van der Waals surface area contributed by atoms with Crippen molar-refractivity contribution in [1.29, 1.82) is 0 Å². The zero-order valence-corrected chi connectivity index (χ0v) is 15.0. The summed E-state index contributed by atoms with van der Waals surface area (Å²) in [7, 11) is 3.34. The van der Waals surface area contributed by atoms with Crippen LogP contribution in [0.1, 0.15) is 17.0 Å². The smallest absolute Gasteiger partial charge is 0.161 e. The number of fused-ring (bicyclic) bond motifs is 3. The number of benzene rings is 1. The van der Waals surface area contributed by atoms with Crippen LogP contribution in [0, 0.1) is 13.8 Å². The van der Waals surface area contributed by atoms with E-state index in [1.54, 1.807) is 14.2 Å². The van der Waals surface area contributed by atoms with E-state index in [2.05, 4.69) is 34.7 Å². The van der Waals surface area contributed by atoms with Gasteiger partial charge in [0.2, 0.25) is 0 Å². The SMILES string of the molecule is COc1cc2c(cc1OC)-c1c(-c3cncc(C)c3)nc(C)n1CC2. The van der Waals surface area contributed by atoms with Gasteiger partial charge >= 0.3 is 0 Å². The van der Waals surface area contributed by atoms with Crippen LogP contribution in [0.5, 0.6) is 11.5 Å². The number of methoxy groups -OCH3 is 2. The summed E-state index contributed by atoms with van der Waals surface area (Å²) in [6.45, 7) is 5.02. The van der Waals surface area contributed by atoms with Gasteiger partial charge in [-0.25, -0.2) is 4.98 Å². The average molecular weight is 335 g/mol.